The molecule has 1 aromatic carbocycles. The van der Waals surface area contributed by atoms with Gasteiger partial charge in [0.15, 0.2) is 6.10 Å². The summed E-state index contributed by atoms with van der Waals surface area (Å²) in [6.07, 6.45) is 7.81. The van der Waals surface area contributed by atoms with Crippen LogP contribution in [0.25, 0.3) is 0 Å². The molecule has 1 aliphatic carbocycles. The fraction of sp³-hybridized carbons (Fsp3) is 0.600. The van der Waals surface area contributed by atoms with Crippen LogP contribution in [0.5, 0.6) is 0 Å². The van der Waals surface area contributed by atoms with Crippen molar-refractivity contribution in [3.63, 3.8) is 0 Å². The zero-order chi connectivity index (χ0) is 29.1. The van der Waals surface area contributed by atoms with Crippen molar-refractivity contribution in [3.05, 3.63) is 41.4 Å². The number of benzene rings is 1. The van der Waals surface area contributed by atoms with E-state index in [1.165, 1.54) is 4.90 Å². The lowest BCUT2D eigenvalue weighted by Crippen LogP contribution is -2.57. The van der Waals surface area contributed by atoms with Gasteiger partial charge in [0, 0.05) is 35.8 Å². The smallest absolute Gasteiger partial charge is 0.408 e. The fourth-order valence-electron chi connectivity index (χ4n) is 5.56. The molecule has 0 aromatic heterocycles. The van der Waals surface area contributed by atoms with Gasteiger partial charge in [-0.1, -0.05) is 30.2 Å². The minimum Gasteiger partial charge on any atom is -0.436 e. The standard InChI is InChI=1S/C30H41ClN4O5/c1-29(2,3)33-28(39)40-24-13-9-7-5-6-8-11-20-19-30(20,27(38)34(4)22-16-14-21(31)15-17-22)32-25(36)23-12-10-18-35(23)26(24)37/h8,11,14-17,20,23-24H,5-7,9-10,12-13,18-19H2,1-4H3,(H,32,36)(H,33,39)/t20-,23+,24+,30-/m1/s1. The Labute approximate surface area is 241 Å². The van der Waals surface area contributed by atoms with Crippen LogP contribution in [-0.2, 0) is 19.1 Å². The highest BCUT2D eigenvalue weighted by Gasteiger charge is 2.61. The first-order valence-electron chi connectivity index (χ1n) is 14.2. The number of likely N-dealkylation sites (N-methyl/N-ethyl adjacent to an activating group) is 1. The number of fused-ring (bicyclic) bond motifs is 2. The molecule has 4 amide bonds. The van der Waals surface area contributed by atoms with Crippen LogP contribution in [0.2, 0.25) is 5.02 Å². The Morgan fingerprint density at radius 1 is 1.10 bits per heavy atom. The Morgan fingerprint density at radius 3 is 2.52 bits per heavy atom. The van der Waals surface area contributed by atoms with Gasteiger partial charge in [-0.05, 0) is 90.0 Å². The van der Waals surface area contributed by atoms with E-state index in [0.29, 0.717) is 42.9 Å². The lowest BCUT2D eigenvalue weighted by Gasteiger charge is -2.31. The molecule has 10 heteroatoms. The molecule has 2 N–H and O–H groups in total. The van der Waals surface area contributed by atoms with E-state index in [2.05, 4.69) is 16.7 Å². The Bertz CT molecular complexity index is 1150. The van der Waals surface area contributed by atoms with Crippen molar-refractivity contribution >= 4 is 41.1 Å². The maximum absolute atomic E-state index is 13.8. The molecule has 0 bridgehead atoms. The van der Waals surface area contributed by atoms with Crippen molar-refractivity contribution in [2.75, 3.05) is 18.5 Å². The molecule has 0 radical (unpaired) electrons. The van der Waals surface area contributed by atoms with Crippen LogP contribution in [0.4, 0.5) is 10.5 Å². The first-order valence-corrected chi connectivity index (χ1v) is 14.6. The quantitative estimate of drug-likeness (QED) is 0.515. The number of nitrogens with zero attached hydrogens (tertiary/aromatic N) is 2. The summed E-state index contributed by atoms with van der Waals surface area (Å²) in [7, 11) is 1.69. The minimum absolute atomic E-state index is 0.133. The number of rotatable bonds is 3. The first-order chi connectivity index (χ1) is 18.9. The molecular formula is C30H41ClN4O5. The topological polar surface area (TPSA) is 108 Å². The molecule has 4 atom stereocenters. The summed E-state index contributed by atoms with van der Waals surface area (Å²) in [6, 6.07) is 6.25. The summed E-state index contributed by atoms with van der Waals surface area (Å²) in [5.41, 5.74) is -0.916. The highest BCUT2D eigenvalue weighted by molar-refractivity contribution is 6.30. The number of amides is 4. The number of halogens is 1. The summed E-state index contributed by atoms with van der Waals surface area (Å²) in [5.74, 6) is -1.06. The second-order valence-electron chi connectivity index (χ2n) is 12.1. The van der Waals surface area contributed by atoms with E-state index in [-0.39, 0.29) is 23.6 Å². The molecule has 3 aliphatic rings. The molecule has 218 valence electrons. The van der Waals surface area contributed by atoms with Crippen molar-refractivity contribution in [2.24, 2.45) is 5.92 Å². The average Bonchev–Trinajstić information content (AvgIpc) is 3.34. The molecule has 9 nitrogen and oxygen atoms in total. The molecule has 0 spiro atoms. The van der Waals surface area contributed by atoms with E-state index < -0.39 is 29.3 Å². The number of anilines is 1. The van der Waals surface area contributed by atoms with Crippen molar-refractivity contribution in [3.8, 4) is 0 Å². The first kappa shape index (κ1) is 29.9. The van der Waals surface area contributed by atoms with Gasteiger partial charge >= 0.3 is 6.09 Å². The predicted molar refractivity (Wildman–Crippen MR) is 154 cm³/mol. The molecule has 4 rings (SSSR count). The van der Waals surface area contributed by atoms with Gasteiger partial charge in [-0.3, -0.25) is 14.4 Å². The predicted octanol–water partition coefficient (Wildman–Crippen LogP) is 4.58. The van der Waals surface area contributed by atoms with E-state index in [0.717, 1.165) is 25.7 Å². The lowest BCUT2D eigenvalue weighted by atomic mass is 10.1. The molecule has 0 unspecified atom stereocenters. The molecule has 2 heterocycles. The van der Waals surface area contributed by atoms with E-state index >= 15 is 0 Å². The van der Waals surface area contributed by atoms with Crippen LogP contribution in [0, 0.1) is 5.92 Å². The van der Waals surface area contributed by atoms with Crippen molar-refractivity contribution in [1.29, 1.82) is 0 Å². The van der Waals surface area contributed by atoms with Crippen molar-refractivity contribution in [2.45, 2.75) is 95.4 Å². The number of hydrogen-bond acceptors (Lipinski definition) is 5. The minimum atomic E-state index is -1.08. The van der Waals surface area contributed by atoms with Crippen molar-refractivity contribution < 1.29 is 23.9 Å². The summed E-state index contributed by atoms with van der Waals surface area (Å²) >= 11 is 6.03. The second kappa shape index (κ2) is 12.2. The highest BCUT2D eigenvalue weighted by Crippen LogP contribution is 2.47. The van der Waals surface area contributed by atoms with Gasteiger partial charge in [-0.15, -0.1) is 0 Å². The second-order valence-corrected chi connectivity index (χ2v) is 12.6. The van der Waals surface area contributed by atoms with Gasteiger partial charge in [0.2, 0.25) is 5.91 Å². The van der Waals surface area contributed by atoms with E-state index in [4.69, 9.17) is 16.3 Å². The van der Waals surface area contributed by atoms with Gasteiger partial charge in [-0.2, -0.15) is 0 Å². The number of ether oxygens (including phenoxy) is 1. The van der Waals surface area contributed by atoms with Crippen LogP contribution in [0.15, 0.2) is 36.4 Å². The Morgan fingerprint density at radius 2 is 1.82 bits per heavy atom. The summed E-state index contributed by atoms with van der Waals surface area (Å²) in [5, 5.41) is 6.38. The maximum atomic E-state index is 13.8. The largest absolute Gasteiger partial charge is 0.436 e. The van der Waals surface area contributed by atoms with E-state index in [1.807, 2.05) is 26.8 Å². The average molecular weight is 573 g/mol. The van der Waals surface area contributed by atoms with Crippen LogP contribution < -0.4 is 15.5 Å². The van der Waals surface area contributed by atoms with Gasteiger partial charge in [-0.25, -0.2) is 4.79 Å². The number of carbonyl (C=O) groups excluding carboxylic acids is 4. The Balaban J connectivity index is 1.57. The van der Waals surface area contributed by atoms with Crippen LogP contribution in [-0.4, -0.2) is 65.5 Å². The summed E-state index contributed by atoms with van der Waals surface area (Å²) in [4.78, 5) is 56.9. The SMILES string of the molecule is CN(C(=O)[C@@]12C[C@H]1C=CCCCCC[C@H](OC(=O)NC(C)(C)C)C(=O)N1CCC[C@H]1C(=O)N2)c1ccc(Cl)cc1. The summed E-state index contributed by atoms with van der Waals surface area (Å²) < 4.78 is 5.63. The molecular weight excluding hydrogens is 532 g/mol. The third-order valence-corrected chi connectivity index (χ3v) is 8.06. The molecule has 2 fully saturated rings. The number of alkyl carbamates (subject to hydrolysis) is 1. The van der Waals surface area contributed by atoms with Crippen LogP contribution in [0.1, 0.15) is 72.1 Å². The van der Waals surface area contributed by atoms with E-state index in [9.17, 15) is 19.2 Å². The molecule has 2 aliphatic heterocycles. The third kappa shape index (κ3) is 6.97. The molecule has 1 saturated heterocycles. The number of hydrogen-bond donors (Lipinski definition) is 2. The van der Waals surface area contributed by atoms with Gasteiger partial charge in [0.25, 0.3) is 11.8 Å². The zero-order valence-electron chi connectivity index (χ0n) is 23.9. The van der Waals surface area contributed by atoms with E-state index in [1.54, 1.807) is 36.2 Å². The monoisotopic (exact) mass is 572 g/mol. The third-order valence-electron chi connectivity index (χ3n) is 7.81. The Hall–Kier alpha value is -3.07. The molecule has 1 aromatic rings. The number of carbonyl (C=O) groups is 4. The zero-order valence-corrected chi connectivity index (χ0v) is 24.6. The highest BCUT2D eigenvalue weighted by atomic mass is 35.5. The van der Waals surface area contributed by atoms with Crippen LogP contribution in [0.3, 0.4) is 0 Å². The van der Waals surface area contributed by atoms with Gasteiger partial charge in [0.1, 0.15) is 11.6 Å². The maximum Gasteiger partial charge on any atom is 0.408 e. The summed E-state index contributed by atoms with van der Waals surface area (Å²) in [6.45, 7) is 5.92. The number of nitrogens with one attached hydrogen (secondary N) is 2. The van der Waals surface area contributed by atoms with Gasteiger partial charge in [0.05, 0.1) is 0 Å². The Kier molecular flexibility index (Phi) is 9.12. The fourth-order valence-corrected chi connectivity index (χ4v) is 5.69. The van der Waals surface area contributed by atoms with Crippen molar-refractivity contribution in [1.82, 2.24) is 15.5 Å². The normalized spacial score (nSPS) is 27.4. The van der Waals surface area contributed by atoms with Crippen LogP contribution >= 0.6 is 11.6 Å². The molecule has 1 saturated carbocycles. The molecule has 40 heavy (non-hydrogen) atoms. The number of allylic oxidation sites excluding steroid dienone is 1. The van der Waals surface area contributed by atoms with Gasteiger partial charge < -0.3 is 25.2 Å². The lowest BCUT2D eigenvalue weighted by molar-refractivity contribution is -0.146.